The Morgan fingerprint density at radius 3 is 2.44 bits per heavy atom. The number of hydrogen-bond donors (Lipinski definition) is 1. The molecule has 0 aromatic carbocycles. The molecule has 1 atom stereocenters. The summed E-state index contributed by atoms with van der Waals surface area (Å²) < 4.78 is 38.6. The Bertz CT molecular complexity index is 1140. The Kier molecular flexibility index (Phi) is 5.78. The molecule has 2 aromatic heterocycles. The number of rotatable bonds is 4. The number of aryl methyl sites for hydroxylation is 1. The molecule has 1 N–H and O–H groups in total. The van der Waals surface area contributed by atoms with Gasteiger partial charge in [0.15, 0.2) is 5.43 Å². The van der Waals surface area contributed by atoms with Crippen molar-refractivity contribution < 1.29 is 23.2 Å². The summed E-state index contributed by atoms with van der Waals surface area (Å²) in [6, 6.07) is 3.76. The Balaban J connectivity index is 1.61. The number of alkyl halides is 2. The molecule has 2 fully saturated rings. The smallest absolute Gasteiger partial charge is 0.352 e. The van der Waals surface area contributed by atoms with Crippen LogP contribution in [0.5, 0.6) is 0 Å². The molecule has 0 spiro atoms. The first-order valence-corrected chi connectivity index (χ1v) is 11.7. The number of amides is 1. The molecule has 0 unspecified atom stereocenters. The van der Waals surface area contributed by atoms with Gasteiger partial charge in [-0.15, -0.1) is 0 Å². The standard InChI is InChI=1S/C25H33F2N3O4/c1-16-11-17(31)8-10-29(16)20-12-18(28-34-20)19-7-6-9-30(19)21(32)25(26,27)24(33)14-22(2,3)13-23(4,5)15-24/h8,10-12,19,33H,6-7,9,13-15H2,1-5H3/t19-/m0/s1. The molecule has 1 saturated heterocycles. The number of carbonyl (C=O) groups is 1. The Morgan fingerprint density at radius 1 is 1.18 bits per heavy atom. The molecular formula is C25H33F2N3O4. The molecule has 1 aliphatic heterocycles. The van der Waals surface area contributed by atoms with E-state index in [1.54, 1.807) is 23.8 Å². The summed E-state index contributed by atoms with van der Waals surface area (Å²) in [6.45, 7) is 9.31. The highest BCUT2D eigenvalue weighted by Gasteiger charge is 2.65. The quantitative estimate of drug-likeness (QED) is 0.705. The predicted molar refractivity (Wildman–Crippen MR) is 122 cm³/mol. The zero-order chi connectivity index (χ0) is 25.1. The van der Waals surface area contributed by atoms with Crippen LogP contribution in [-0.4, -0.2) is 43.7 Å². The molecule has 0 bridgehead atoms. The first-order chi connectivity index (χ1) is 15.6. The van der Waals surface area contributed by atoms with E-state index in [1.165, 1.54) is 12.1 Å². The fraction of sp³-hybridized carbons (Fsp3) is 0.640. The van der Waals surface area contributed by atoms with Crippen LogP contribution in [0.3, 0.4) is 0 Å². The molecule has 34 heavy (non-hydrogen) atoms. The molecule has 2 aliphatic rings. The van der Waals surface area contributed by atoms with Crippen molar-refractivity contribution >= 4 is 5.91 Å². The van der Waals surface area contributed by atoms with Gasteiger partial charge in [0.25, 0.3) is 5.91 Å². The van der Waals surface area contributed by atoms with E-state index in [2.05, 4.69) is 5.16 Å². The fourth-order valence-corrected chi connectivity index (χ4v) is 6.37. The van der Waals surface area contributed by atoms with Gasteiger partial charge in [-0.3, -0.25) is 14.2 Å². The van der Waals surface area contributed by atoms with Crippen molar-refractivity contribution in [2.75, 3.05) is 6.54 Å². The highest BCUT2D eigenvalue weighted by atomic mass is 19.3. The number of carbonyl (C=O) groups excluding carboxylic acids is 1. The first-order valence-electron chi connectivity index (χ1n) is 11.7. The minimum Gasteiger partial charge on any atom is -0.383 e. The Labute approximate surface area is 197 Å². The van der Waals surface area contributed by atoms with Crippen LogP contribution in [0.25, 0.3) is 5.88 Å². The molecule has 1 aliphatic carbocycles. The molecule has 186 valence electrons. The van der Waals surface area contributed by atoms with Gasteiger partial charge in [0.2, 0.25) is 5.88 Å². The fourth-order valence-electron chi connectivity index (χ4n) is 6.37. The van der Waals surface area contributed by atoms with Gasteiger partial charge in [0.1, 0.15) is 11.3 Å². The third-order valence-corrected chi connectivity index (χ3v) is 7.08. The normalized spacial score (nSPS) is 23.8. The number of aliphatic hydroxyl groups is 1. The monoisotopic (exact) mass is 477 g/mol. The summed E-state index contributed by atoms with van der Waals surface area (Å²) in [5.74, 6) is -4.98. The second kappa shape index (κ2) is 8.00. The van der Waals surface area contributed by atoms with E-state index in [0.29, 0.717) is 36.5 Å². The van der Waals surface area contributed by atoms with Crippen LogP contribution in [0.1, 0.15) is 77.2 Å². The van der Waals surface area contributed by atoms with Crippen molar-refractivity contribution in [1.29, 1.82) is 0 Å². The summed E-state index contributed by atoms with van der Waals surface area (Å²) in [4.78, 5) is 25.9. The van der Waals surface area contributed by atoms with E-state index in [-0.39, 0.29) is 24.8 Å². The lowest BCUT2D eigenvalue weighted by atomic mass is 9.58. The maximum Gasteiger partial charge on any atom is 0.352 e. The van der Waals surface area contributed by atoms with Gasteiger partial charge in [0, 0.05) is 36.6 Å². The molecule has 1 amide bonds. The largest absolute Gasteiger partial charge is 0.383 e. The predicted octanol–water partition coefficient (Wildman–Crippen LogP) is 4.40. The van der Waals surface area contributed by atoms with E-state index in [9.17, 15) is 14.7 Å². The number of likely N-dealkylation sites (tertiary alicyclic amines) is 1. The van der Waals surface area contributed by atoms with Crippen LogP contribution in [0.2, 0.25) is 0 Å². The van der Waals surface area contributed by atoms with Gasteiger partial charge in [0.05, 0.1) is 6.04 Å². The minimum absolute atomic E-state index is 0.143. The maximum absolute atomic E-state index is 15.8. The van der Waals surface area contributed by atoms with Crippen molar-refractivity contribution in [3.05, 3.63) is 46.0 Å². The van der Waals surface area contributed by atoms with Gasteiger partial charge in [-0.2, -0.15) is 8.78 Å². The van der Waals surface area contributed by atoms with Gasteiger partial charge in [-0.05, 0) is 49.9 Å². The molecule has 1 saturated carbocycles. The lowest BCUT2D eigenvalue weighted by Crippen LogP contribution is -2.62. The molecule has 9 heteroatoms. The van der Waals surface area contributed by atoms with Crippen LogP contribution in [0, 0.1) is 17.8 Å². The molecule has 0 radical (unpaired) electrons. The van der Waals surface area contributed by atoms with Crippen molar-refractivity contribution in [2.24, 2.45) is 10.8 Å². The number of hydrogen-bond acceptors (Lipinski definition) is 5. The SMILES string of the molecule is Cc1cc(=O)ccn1-c1cc([C@@H]2CCCN2C(=O)C(F)(F)C2(O)CC(C)(C)CC(C)(C)C2)no1. The Hall–Kier alpha value is -2.55. The van der Waals surface area contributed by atoms with Crippen LogP contribution in [-0.2, 0) is 4.79 Å². The van der Waals surface area contributed by atoms with Crippen LogP contribution >= 0.6 is 0 Å². The van der Waals surface area contributed by atoms with Crippen molar-refractivity contribution in [2.45, 2.75) is 84.3 Å². The van der Waals surface area contributed by atoms with Crippen molar-refractivity contribution in [3.8, 4) is 5.88 Å². The van der Waals surface area contributed by atoms with Gasteiger partial charge in [-0.1, -0.05) is 32.9 Å². The summed E-state index contributed by atoms with van der Waals surface area (Å²) in [6.07, 6.45) is 2.94. The number of aromatic nitrogens is 2. The molecule has 7 nitrogen and oxygen atoms in total. The van der Waals surface area contributed by atoms with Crippen LogP contribution in [0.4, 0.5) is 8.78 Å². The highest BCUT2D eigenvalue weighted by Crippen LogP contribution is 2.55. The van der Waals surface area contributed by atoms with E-state index in [0.717, 1.165) is 4.90 Å². The molecule has 4 rings (SSSR count). The van der Waals surface area contributed by atoms with E-state index in [1.807, 2.05) is 27.7 Å². The minimum atomic E-state index is -3.94. The van der Waals surface area contributed by atoms with Crippen LogP contribution < -0.4 is 5.43 Å². The van der Waals surface area contributed by atoms with Crippen LogP contribution in [0.15, 0.2) is 33.7 Å². The van der Waals surface area contributed by atoms with E-state index < -0.39 is 34.3 Å². The maximum atomic E-state index is 15.8. The third kappa shape index (κ3) is 4.30. The van der Waals surface area contributed by atoms with Gasteiger partial charge < -0.3 is 14.5 Å². The van der Waals surface area contributed by atoms with Crippen molar-refractivity contribution in [1.82, 2.24) is 14.6 Å². The van der Waals surface area contributed by atoms with Gasteiger partial charge in [-0.25, -0.2) is 0 Å². The average molecular weight is 478 g/mol. The highest BCUT2D eigenvalue weighted by molar-refractivity contribution is 5.85. The third-order valence-electron chi connectivity index (χ3n) is 7.08. The van der Waals surface area contributed by atoms with E-state index in [4.69, 9.17) is 4.52 Å². The molecular weight excluding hydrogens is 444 g/mol. The second-order valence-corrected chi connectivity index (χ2v) is 11.6. The summed E-state index contributed by atoms with van der Waals surface area (Å²) in [5, 5.41) is 15.3. The number of pyridine rings is 1. The summed E-state index contributed by atoms with van der Waals surface area (Å²) in [5.41, 5.74) is -2.63. The summed E-state index contributed by atoms with van der Waals surface area (Å²) >= 11 is 0. The zero-order valence-electron chi connectivity index (χ0n) is 20.4. The number of nitrogens with zero attached hydrogens (tertiary/aromatic N) is 3. The lowest BCUT2D eigenvalue weighted by Gasteiger charge is -2.51. The topological polar surface area (TPSA) is 88.6 Å². The average Bonchev–Trinajstić information content (AvgIpc) is 3.33. The molecule has 3 heterocycles. The molecule has 2 aromatic rings. The number of halogens is 2. The lowest BCUT2D eigenvalue weighted by molar-refractivity contribution is -0.231. The summed E-state index contributed by atoms with van der Waals surface area (Å²) in [7, 11) is 0. The van der Waals surface area contributed by atoms with Crippen molar-refractivity contribution in [3.63, 3.8) is 0 Å². The zero-order valence-corrected chi connectivity index (χ0v) is 20.4. The Morgan fingerprint density at radius 2 is 1.82 bits per heavy atom. The second-order valence-electron chi connectivity index (χ2n) is 11.6. The van der Waals surface area contributed by atoms with Gasteiger partial charge >= 0.3 is 5.92 Å². The first kappa shape index (κ1) is 24.6. The van der Waals surface area contributed by atoms with E-state index >= 15 is 8.78 Å².